The quantitative estimate of drug-likeness (QED) is 0.643. The van der Waals surface area contributed by atoms with Gasteiger partial charge in [-0.1, -0.05) is 11.6 Å². The first kappa shape index (κ1) is 19.7. The molecule has 3 heterocycles. The molecule has 7 nitrogen and oxygen atoms in total. The van der Waals surface area contributed by atoms with Gasteiger partial charge >= 0.3 is 0 Å². The Morgan fingerprint density at radius 1 is 1.17 bits per heavy atom. The van der Waals surface area contributed by atoms with Gasteiger partial charge in [-0.3, -0.25) is 0 Å². The van der Waals surface area contributed by atoms with E-state index in [2.05, 4.69) is 15.1 Å². The molecule has 4 rings (SSSR count). The minimum absolute atomic E-state index is 0.0636. The second-order valence-corrected chi connectivity index (χ2v) is 9.02. The molecule has 1 unspecified atom stereocenters. The van der Waals surface area contributed by atoms with Crippen LogP contribution in [-0.2, 0) is 10.0 Å². The van der Waals surface area contributed by atoms with Crippen LogP contribution in [0.3, 0.4) is 0 Å². The zero-order valence-electron chi connectivity index (χ0n) is 16.2. The predicted octanol–water partition coefficient (Wildman–Crippen LogP) is 3.80. The van der Waals surface area contributed by atoms with E-state index in [4.69, 9.17) is 4.52 Å². The van der Waals surface area contributed by atoms with Crippen molar-refractivity contribution in [2.24, 2.45) is 0 Å². The van der Waals surface area contributed by atoms with Crippen LogP contribution in [0.2, 0.25) is 0 Å². The topological polar surface area (TPSA) is 89.2 Å². The molecule has 1 atom stereocenters. The van der Waals surface area contributed by atoms with Gasteiger partial charge in [0.25, 0.3) is 0 Å². The molecule has 0 bridgehead atoms. The maximum absolute atomic E-state index is 13.3. The van der Waals surface area contributed by atoms with Crippen LogP contribution in [0.25, 0.3) is 11.3 Å². The summed E-state index contributed by atoms with van der Waals surface area (Å²) in [6.45, 7) is 3.94. The van der Waals surface area contributed by atoms with Crippen molar-refractivity contribution in [1.82, 2.24) is 19.4 Å². The van der Waals surface area contributed by atoms with E-state index in [-0.39, 0.29) is 4.90 Å². The zero-order valence-corrected chi connectivity index (χ0v) is 17.0. The molecule has 2 aromatic heterocycles. The molecule has 1 saturated heterocycles. The van der Waals surface area contributed by atoms with Crippen LogP contribution in [-0.4, -0.2) is 34.4 Å². The van der Waals surface area contributed by atoms with Gasteiger partial charge in [0.2, 0.25) is 10.0 Å². The van der Waals surface area contributed by atoms with Gasteiger partial charge in [0, 0.05) is 18.8 Å². The number of piperidine rings is 1. The van der Waals surface area contributed by atoms with Gasteiger partial charge < -0.3 is 4.52 Å². The summed E-state index contributed by atoms with van der Waals surface area (Å²) >= 11 is 0. The van der Waals surface area contributed by atoms with Crippen molar-refractivity contribution in [2.75, 3.05) is 6.54 Å². The molecule has 0 spiro atoms. The Kier molecular flexibility index (Phi) is 5.18. The summed E-state index contributed by atoms with van der Waals surface area (Å²) < 4.78 is 46.8. The second-order valence-electron chi connectivity index (χ2n) is 7.13. The molecule has 1 aromatic carbocycles. The van der Waals surface area contributed by atoms with Crippen molar-refractivity contribution >= 4 is 10.0 Å². The first-order valence-corrected chi connectivity index (χ1v) is 10.8. The van der Waals surface area contributed by atoms with Gasteiger partial charge in [-0.25, -0.2) is 22.8 Å². The van der Waals surface area contributed by atoms with Crippen LogP contribution in [0.5, 0.6) is 0 Å². The Morgan fingerprint density at radius 2 is 1.93 bits per heavy atom. The number of aryl methyl sites for hydroxylation is 2. The van der Waals surface area contributed by atoms with E-state index >= 15 is 0 Å². The van der Waals surface area contributed by atoms with Crippen molar-refractivity contribution < 1.29 is 17.3 Å². The third-order valence-corrected chi connectivity index (χ3v) is 6.94. The highest BCUT2D eigenvalue weighted by molar-refractivity contribution is 7.89. The summed E-state index contributed by atoms with van der Waals surface area (Å²) in [5.41, 5.74) is 1.94. The fraction of sp³-hybridized carbons (Fsp3) is 0.350. The minimum atomic E-state index is -3.82. The van der Waals surface area contributed by atoms with E-state index in [1.165, 1.54) is 16.4 Å². The first-order valence-electron chi connectivity index (χ1n) is 9.41. The summed E-state index contributed by atoms with van der Waals surface area (Å²) in [4.78, 5) is 8.92. The molecule has 152 valence electrons. The van der Waals surface area contributed by atoms with E-state index in [0.717, 1.165) is 25.0 Å². The van der Waals surface area contributed by atoms with E-state index in [1.54, 1.807) is 19.2 Å². The van der Waals surface area contributed by atoms with Crippen molar-refractivity contribution in [3.05, 3.63) is 59.6 Å². The molecule has 9 heteroatoms. The second kappa shape index (κ2) is 7.64. The molecule has 29 heavy (non-hydrogen) atoms. The highest BCUT2D eigenvalue weighted by Crippen LogP contribution is 2.38. The maximum atomic E-state index is 13.3. The molecule has 0 aliphatic carbocycles. The molecule has 0 radical (unpaired) electrons. The summed E-state index contributed by atoms with van der Waals surface area (Å²) in [5, 5.41) is 3.93. The Morgan fingerprint density at radius 3 is 2.62 bits per heavy atom. The van der Waals surface area contributed by atoms with Crippen LogP contribution in [0.4, 0.5) is 4.39 Å². The molecular formula is C20H21FN4O3S. The van der Waals surface area contributed by atoms with Crippen LogP contribution in [0, 0.1) is 19.7 Å². The third-order valence-electron chi connectivity index (χ3n) is 5.02. The van der Waals surface area contributed by atoms with E-state index < -0.39 is 21.9 Å². The van der Waals surface area contributed by atoms with E-state index in [0.29, 0.717) is 41.5 Å². The number of halogens is 1. The molecule has 1 aliphatic heterocycles. The lowest BCUT2D eigenvalue weighted by atomic mass is 9.98. The highest BCUT2D eigenvalue weighted by Gasteiger charge is 2.37. The maximum Gasteiger partial charge on any atom is 0.243 e. The Labute approximate surface area is 168 Å². The molecule has 3 aromatic rings. The number of hydrogen-bond acceptors (Lipinski definition) is 6. The number of nitrogens with zero attached hydrogens (tertiary/aromatic N) is 4. The Balaban J connectivity index is 1.81. The summed E-state index contributed by atoms with van der Waals surface area (Å²) in [5.74, 6) is 0.570. The van der Waals surface area contributed by atoms with Crippen molar-refractivity contribution in [3.8, 4) is 11.3 Å². The number of sulfonamides is 1. The van der Waals surface area contributed by atoms with Gasteiger partial charge in [0.15, 0.2) is 5.76 Å². The summed E-state index contributed by atoms with van der Waals surface area (Å²) in [7, 11) is -3.82. The molecule has 1 aliphatic rings. The Bertz CT molecular complexity index is 1130. The molecule has 0 saturated carbocycles. The van der Waals surface area contributed by atoms with Crippen LogP contribution >= 0.6 is 0 Å². The number of rotatable bonds is 4. The van der Waals surface area contributed by atoms with Gasteiger partial charge in [-0.15, -0.1) is 0 Å². The number of hydrogen-bond donors (Lipinski definition) is 0. The van der Waals surface area contributed by atoms with Gasteiger partial charge in [-0.05, 0) is 51.0 Å². The van der Waals surface area contributed by atoms with Crippen LogP contribution in [0.15, 0.2) is 45.9 Å². The smallest absolute Gasteiger partial charge is 0.243 e. The lowest BCUT2D eigenvalue weighted by Gasteiger charge is -2.35. The SMILES string of the molecule is Cc1cc(-c2cnc(C)nc2C2CCCCN2S(=O)(=O)c2ccc(F)cc2)on1. The van der Waals surface area contributed by atoms with E-state index in [9.17, 15) is 12.8 Å². The first-order chi connectivity index (χ1) is 13.9. The highest BCUT2D eigenvalue weighted by atomic mass is 32.2. The summed E-state index contributed by atoms with van der Waals surface area (Å²) in [6.07, 6.45) is 3.89. The molecule has 0 N–H and O–H groups in total. The average molecular weight is 416 g/mol. The minimum Gasteiger partial charge on any atom is -0.356 e. The van der Waals surface area contributed by atoms with Crippen molar-refractivity contribution in [2.45, 2.75) is 44.0 Å². The van der Waals surface area contributed by atoms with Gasteiger partial charge in [0.1, 0.15) is 11.6 Å². The molecular weight excluding hydrogens is 395 g/mol. The predicted molar refractivity (Wildman–Crippen MR) is 104 cm³/mol. The molecule has 0 amide bonds. The van der Waals surface area contributed by atoms with Gasteiger partial charge in [-0.2, -0.15) is 4.31 Å². The number of benzene rings is 1. The fourth-order valence-corrected chi connectivity index (χ4v) is 5.29. The summed E-state index contributed by atoms with van der Waals surface area (Å²) in [6, 6.07) is 6.21. The van der Waals surface area contributed by atoms with Crippen molar-refractivity contribution in [1.29, 1.82) is 0 Å². The van der Waals surface area contributed by atoms with Crippen LogP contribution < -0.4 is 0 Å². The lowest BCUT2D eigenvalue weighted by Crippen LogP contribution is -2.39. The Hall–Kier alpha value is -2.65. The van der Waals surface area contributed by atoms with E-state index in [1.807, 2.05) is 6.92 Å². The average Bonchev–Trinajstić information content (AvgIpc) is 3.14. The van der Waals surface area contributed by atoms with Crippen LogP contribution in [0.1, 0.15) is 42.5 Å². The third kappa shape index (κ3) is 3.79. The zero-order chi connectivity index (χ0) is 20.6. The fourth-order valence-electron chi connectivity index (χ4n) is 3.63. The normalized spacial score (nSPS) is 18.1. The number of aromatic nitrogens is 3. The largest absolute Gasteiger partial charge is 0.356 e. The lowest BCUT2D eigenvalue weighted by molar-refractivity contribution is 0.251. The standard InChI is InChI=1S/C20H21FN4O3S/c1-13-11-19(28-24-13)17-12-22-14(2)23-20(17)18-5-3-4-10-25(18)29(26,27)16-8-6-15(21)7-9-16/h6-9,11-12,18H,3-5,10H2,1-2H3. The monoisotopic (exact) mass is 416 g/mol. The molecule has 1 fully saturated rings. The van der Waals surface area contributed by atoms with Gasteiger partial charge in [0.05, 0.1) is 27.9 Å². The van der Waals surface area contributed by atoms with Crippen molar-refractivity contribution in [3.63, 3.8) is 0 Å².